The number of halogens is 1. The van der Waals surface area contributed by atoms with Crippen LogP contribution in [0.15, 0.2) is 24.4 Å². The highest BCUT2D eigenvalue weighted by atomic mass is 19.1. The van der Waals surface area contributed by atoms with Crippen LogP contribution in [0.3, 0.4) is 0 Å². The van der Waals surface area contributed by atoms with Gasteiger partial charge in [-0.15, -0.1) is 0 Å². The van der Waals surface area contributed by atoms with Crippen molar-refractivity contribution in [3.8, 4) is 17.7 Å². The van der Waals surface area contributed by atoms with Crippen LogP contribution in [0.4, 0.5) is 16.0 Å². The molecule has 0 aliphatic rings. The summed E-state index contributed by atoms with van der Waals surface area (Å²) in [5.41, 5.74) is 4.63. The number of nitrogens with zero attached hydrogens (tertiary/aromatic N) is 4. The second-order valence-electron chi connectivity index (χ2n) is 3.53. The third kappa shape index (κ3) is 2.59. The molecule has 0 aliphatic heterocycles. The molecule has 2 N–H and O–H groups in total. The zero-order valence-electron chi connectivity index (χ0n) is 9.78. The van der Waals surface area contributed by atoms with E-state index < -0.39 is 22.3 Å². The van der Waals surface area contributed by atoms with Gasteiger partial charge in [0.1, 0.15) is 23.8 Å². The Hall–Kier alpha value is -3.28. The van der Waals surface area contributed by atoms with Gasteiger partial charge in [0.05, 0.1) is 10.5 Å². The number of hydrogen-bond acceptors (Lipinski definition) is 7. The summed E-state index contributed by atoms with van der Waals surface area (Å²) in [4.78, 5) is 17.1. The zero-order valence-corrected chi connectivity index (χ0v) is 9.78. The number of nitriles is 1. The predicted molar refractivity (Wildman–Crippen MR) is 64.3 cm³/mol. The number of ether oxygens (including phenoxy) is 1. The maximum absolute atomic E-state index is 13.4. The third-order valence-corrected chi connectivity index (χ3v) is 2.23. The van der Waals surface area contributed by atoms with E-state index in [1.165, 1.54) is 12.1 Å². The van der Waals surface area contributed by atoms with Crippen molar-refractivity contribution in [2.45, 2.75) is 0 Å². The fourth-order valence-corrected chi connectivity index (χ4v) is 1.33. The minimum atomic E-state index is -0.810. The van der Waals surface area contributed by atoms with Crippen LogP contribution < -0.4 is 10.5 Å². The van der Waals surface area contributed by atoms with Crippen LogP contribution in [0, 0.1) is 27.3 Å². The Labute approximate surface area is 111 Å². The van der Waals surface area contributed by atoms with Gasteiger partial charge in [0.15, 0.2) is 0 Å². The summed E-state index contributed by atoms with van der Waals surface area (Å²) in [5.74, 6) is -1.50. The number of hydrogen-bond donors (Lipinski definition) is 1. The lowest BCUT2D eigenvalue weighted by Crippen LogP contribution is -2.01. The van der Waals surface area contributed by atoms with Crippen molar-refractivity contribution in [3.05, 3.63) is 45.9 Å². The molecule has 2 rings (SSSR count). The monoisotopic (exact) mass is 275 g/mol. The van der Waals surface area contributed by atoms with Gasteiger partial charge in [0.2, 0.25) is 5.95 Å². The Balaban J connectivity index is 2.39. The summed E-state index contributed by atoms with van der Waals surface area (Å²) in [6.07, 6.45) is 0.887. The molecular weight excluding hydrogens is 269 g/mol. The highest BCUT2D eigenvalue weighted by Gasteiger charge is 2.19. The van der Waals surface area contributed by atoms with E-state index in [2.05, 4.69) is 9.97 Å². The molecule has 0 unspecified atom stereocenters. The summed E-state index contributed by atoms with van der Waals surface area (Å²) in [6.45, 7) is 0. The van der Waals surface area contributed by atoms with Gasteiger partial charge < -0.3 is 10.5 Å². The van der Waals surface area contributed by atoms with Crippen LogP contribution >= 0.6 is 0 Å². The van der Waals surface area contributed by atoms with Gasteiger partial charge in [-0.2, -0.15) is 10.2 Å². The number of nitrogens with two attached hydrogens (primary N) is 1. The van der Waals surface area contributed by atoms with Gasteiger partial charge in [-0.25, -0.2) is 9.37 Å². The first-order valence-corrected chi connectivity index (χ1v) is 5.15. The lowest BCUT2D eigenvalue weighted by atomic mass is 10.2. The minimum Gasteiger partial charge on any atom is -0.433 e. The van der Waals surface area contributed by atoms with Crippen molar-refractivity contribution < 1.29 is 14.1 Å². The fraction of sp³-hybridized carbons (Fsp3) is 0. The standard InChI is InChI=1S/C11H6FN5O3/c12-8-3-7(2-1-6(8)4-13)20-10-9(17(18)19)5-15-11(14)16-10/h1-3,5H,(H2,14,15,16). The van der Waals surface area contributed by atoms with Crippen molar-refractivity contribution in [1.29, 1.82) is 5.26 Å². The second kappa shape index (κ2) is 5.15. The molecule has 0 amide bonds. The topological polar surface area (TPSA) is 128 Å². The van der Waals surface area contributed by atoms with Crippen molar-refractivity contribution in [2.24, 2.45) is 0 Å². The molecule has 9 heteroatoms. The molecule has 1 aromatic heterocycles. The van der Waals surface area contributed by atoms with Crippen molar-refractivity contribution in [3.63, 3.8) is 0 Å². The average molecular weight is 275 g/mol. The van der Waals surface area contributed by atoms with Gasteiger partial charge >= 0.3 is 11.6 Å². The molecular formula is C11H6FN5O3. The summed E-state index contributed by atoms with van der Waals surface area (Å²) in [7, 11) is 0. The van der Waals surface area contributed by atoms with Crippen molar-refractivity contribution in [2.75, 3.05) is 5.73 Å². The number of aromatic nitrogens is 2. The van der Waals surface area contributed by atoms with Crippen LogP contribution in [-0.2, 0) is 0 Å². The normalized spacial score (nSPS) is 9.80. The quantitative estimate of drug-likeness (QED) is 0.667. The number of nitro groups is 1. The van der Waals surface area contributed by atoms with E-state index in [-0.39, 0.29) is 17.3 Å². The van der Waals surface area contributed by atoms with Crippen LogP contribution in [-0.4, -0.2) is 14.9 Å². The maximum atomic E-state index is 13.4. The van der Waals surface area contributed by atoms with Gasteiger partial charge in [-0.3, -0.25) is 10.1 Å². The highest BCUT2D eigenvalue weighted by molar-refractivity contribution is 5.45. The summed E-state index contributed by atoms with van der Waals surface area (Å²) >= 11 is 0. The van der Waals surface area contributed by atoms with E-state index in [4.69, 9.17) is 15.7 Å². The number of benzene rings is 1. The molecule has 0 atom stereocenters. The van der Waals surface area contributed by atoms with Crippen LogP contribution in [0.1, 0.15) is 5.56 Å². The van der Waals surface area contributed by atoms with E-state index in [1.807, 2.05) is 0 Å². The van der Waals surface area contributed by atoms with Crippen LogP contribution in [0.25, 0.3) is 0 Å². The summed E-state index contributed by atoms with van der Waals surface area (Å²) < 4.78 is 18.5. The van der Waals surface area contributed by atoms with Gasteiger partial charge in [0, 0.05) is 6.07 Å². The van der Waals surface area contributed by atoms with E-state index in [0.29, 0.717) is 0 Å². The SMILES string of the molecule is N#Cc1ccc(Oc2nc(N)ncc2[N+](=O)[O-])cc1F. The molecule has 8 nitrogen and oxygen atoms in total. The fourth-order valence-electron chi connectivity index (χ4n) is 1.33. The van der Waals surface area contributed by atoms with Crippen LogP contribution in [0.5, 0.6) is 11.6 Å². The first kappa shape index (κ1) is 13.2. The maximum Gasteiger partial charge on any atom is 0.349 e. The molecule has 100 valence electrons. The molecule has 20 heavy (non-hydrogen) atoms. The third-order valence-electron chi connectivity index (χ3n) is 2.23. The average Bonchev–Trinajstić information content (AvgIpc) is 2.38. The smallest absolute Gasteiger partial charge is 0.349 e. The number of rotatable bonds is 3. The van der Waals surface area contributed by atoms with Crippen molar-refractivity contribution >= 4 is 11.6 Å². The number of anilines is 1. The largest absolute Gasteiger partial charge is 0.433 e. The molecule has 1 heterocycles. The molecule has 0 saturated carbocycles. The lowest BCUT2D eigenvalue weighted by molar-refractivity contribution is -0.386. The second-order valence-corrected chi connectivity index (χ2v) is 3.53. The highest BCUT2D eigenvalue weighted by Crippen LogP contribution is 2.29. The van der Waals surface area contributed by atoms with Gasteiger partial charge in [0.25, 0.3) is 0 Å². The van der Waals surface area contributed by atoms with Crippen LogP contribution in [0.2, 0.25) is 0 Å². The molecule has 1 aromatic carbocycles. The van der Waals surface area contributed by atoms with Gasteiger partial charge in [-0.1, -0.05) is 0 Å². The molecule has 0 saturated heterocycles. The molecule has 0 fully saturated rings. The van der Waals surface area contributed by atoms with E-state index in [1.54, 1.807) is 6.07 Å². The molecule has 0 bridgehead atoms. The lowest BCUT2D eigenvalue weighted by Gasteiger charge is -2.05. The Bertz CT molecular complexity index is 728. The van der Waals surface area contributed by atoms with E-state index >= 15 is 0 Å². The summed E-state index contributed by atoms with van der Waals surface area (Å²) in [6, 6.07) is 5.02. The number of nitrogen functional groups attached to an aromatic ring is 1. The molecule has 0 spiro atoms. The Morgan fingerprint density at radius 1 is 1.50 bits per heavy atom. The first-order valence-electron chi connectivity index (χ1n) is 5.15. The Morgan fingerprint density at radius 2 is 2.25 bits per heavy atom. The minimum absolute atomic E-state index is 0.0531. The first-order chi connectivity index (χ1) is 9.51. The molecule has 0 radical (unpaired) electrons. The Kier molecular flexibility index (Phi) is 3.39. The van der Waals surface area contributed by atoms with E-state index in [0.717, 1.165) is 12.3 Å². The summed E-state index contributed by atoms with van der Waals surface area (Å²) in [5, 5.41) is 19.4. The van der Waals surface area contributed by atoms with Crippen molar-refractivity contribution in [1.82, 2.24) is 9.97 Å². The zero-order chi connectivity index (χ0) is 14.7. The van der Waals surface area contributed by atoms with E-state index in [9.17, 15) is 14.5 Å². The van der Waals surface area contributed by atoms with Gasteiger partial charge in [-0.05, 0) is 12.1 Å². The predicted octanol–water partition coefficient (Wildman–Crippen LogP) is 1.77. The molecule has 2 aromatic rings. The molecule has 0 aliphatic carbocycles. The Morgan fingerprint density at radius 3 is 2.85 bits per heavy atom.